The number of likely N-dealkylation sites (N-methyl/N-ethyl adjacent to an activating group) is 2. The number of ether oxygens (including phenoxy) is 2. The monoisotopic (exact) mass is 982 g/mol. The lowest BCUT2D eigenvalue weighted by molar-refractivity contribution is -1.09. The minimum Gasteiger partial charge on any atom is -0.493 e. The molecule has 16 nitrogen and oxygen atoms in total. The van der Waals surface area contributed by atoms with E-state index < -0.39 is 12.0 Å². The molecule has 3 aliphatic rings. The van der Waals surface area contributed by atoms with Gasteiger partial charge in [0, 0.05) is 64.3 Å². The van der Waals surface area contributed by atoms with Crippen LogP contribution >= 0.6 is 11.6 Å². The molecule has 2 atom stereocenters. The minimum atomic E-state index is -0.992. The average Bonchev–Trinajstić information content (AvgIpc) is 3.44. The fourth-order valence-electron chi connectivity index (χ4n) is 9.03. The van der Waals surface area contributed by atoms with E-state index in [4.69, 9.17) is 21.1 Å². The summed E-state index contributed by atoms with van der Waals surface area (Å²) >= 11 is 6.88. The Labute approximate surface area is 416 Å². The van der Waals surface area contributed by atoms with Gasteiger partial charge in [-0.1, -0.05) is 67.1 Å². The highest BCUT2D eigenvalue weighted by Gasteiger charge is 2.35. The number of carbonyl (C=O) groups is 5. The number of aryl methyl sites for hydroxylation is 2. The summed E-state index contributed by atoms with van der Waals surface area (Å²) in [6, 6.07) is 12.7. The molecule has 0 spiro atoms. The number of benzene rings is 2. The molecule has 3 aromatic rings. The van der Waals surface area contributed by atoms with Gasteiger partial charge in [-0.15, -0.1) is 0 Å². The van der Waals surface area contributed by atoms with Gasteiger partial charge in [0.1, 0.15) is 36.9 Å². The summed E-state index contributed by atoms with van der Waals surface area (Å²) in [6.07, 6.45) is 10.9. The molecule has 6 rings (SSSR count). The van der Waals surface area contributed by atoms with E-state index >= 15 is 0 Å². The van der Waals surface area contributed by atoms with Crippen LogP contribution in [0.2, 0.25) is 0 Å². The molecule has 1 saturated heterocycles. The number of quaternary nitrogens is 1. The van der Waals surface area contributed by atoms with Gasteiger partial charge >= 0.3 is 5.97 Å². The number of rotatable bonds is 22. The number of halogens is 1. The zero-order valence-electron chi connectivity index (χ0n) is 41.8. The van der Waals surface area contributed by atoms with Gasteiger partial charge in [0.2, 0.25) is 11.8 Å². The molecular formula is C53H69ClN7O9+. The van der Waals surface area contributed by atoms with Crippen molar-refractivity contribution in [2.24, 2.45) is 7.05 Å². The maximum atomic E-state index is 13.1. The third kappa shape index (κ3) is 14.0. The molecule has 3 heterocycles. The number of carboxylic acid groups (broad SMARTS) is 1. The normalized spacial score (nSPS) is 16.8. The van der Waals surface area contributed by atoms with Crippen LogP contribution in [0.4, 0.5) is 0 Å². The number of aliphatic carboxylic acids is 1. The number of hydrogen-bond acceptors (Lipinski definition) is 12. The van der Waals surface area contributed by atoms with Crippen LogP contribution in [0.5, 0.6) is 5.75 Å². The standard InChI is InChI=1S/C37H50ClN5O4.C16H18N2O5/c1-8-40(6)19-20-42(46)21-22-43-35(33(26(3)38)34-27(4)39-41(7)28(34)5)25(2)24-30(36(43)37(44)45)16-13-23-47-32-18-12-10-15-29-14-9-11-17-31(29)32;1-18(13-5-6-15(21)17-16(13)22)9-12-11(10-20)3-2-4-14(12)23-8-7-19/h9-11,14-15,17-18,46H,8,12-13,16,19-24H2,1-7H3,(H,44,45);2-4,7,10,13H,5-6,8-9H2,1H3,(H,17,21,22)/p+1/b33-26+;. The van der Waals surface area contributed by atoms with Crippen molar-refractivity contribution in [1.82, 2.24) is 29.8 Å². The Morgan fingerprint density at radius 2 is 1.81 bits per heavy atom. The Morgan fingerprint density at radius 3 is 2.47 bits per heavy atom. The number of aldehydes is 2. The Morgan fingerprint density at radius 1 is 1.06 bits per heavy atom. The SMILES string of the molecule is CCN(C)CC[NH+](O)CCN1C(C(=O)O)=C(CCCOC2=CCC=Cc3ccccc32)CC(C)=C1/C(=C(\C)Cl)c1c(C)nn(C)c1C.CN(Cc1c(C=O)cccc1OCC=O)C1CCC(=O)NC1=O. The molecule has 1 aliphatic carbocycles. The Kier molecular flexibility index (Phi) is 20.5. The van der Waals surface area contributed by atoms with E-state index in [1.54, 1.807) is 30.1 Å². The quantitative estimate of drug-likeness (QED) is 0.0391. The van der Waals surface area contributed by atoms with Crippen molar-refractivity contribution in [1.29, 1.82) is 0 Å². The summed E-state index contributed by atoms with van der Waals surface area (Å²) < 4.78 is 13.5. The number of carboxylic acids is 1. The summed E-state index contributed by atoms with van der Waals surface area (Å²) in [5, 5.41) is 29.5. The number of amides is 2. The number of piperidine rings is 1. The maximum absolute atomic E-state index is 13.1. The van der Waals surface area contributed by atoms with Crippen LogP contribution in [-0.2, 0) is 37.5 Å². The van der Waals surface area contributed by atoms with Crippen molar-refractivity contribution < 1.29 is 48.8 Å². The second kappa shape index (κ2) is 26.2. The molecule has 2 amide bonds. The van der Waals surface area contributed by atoms with Gasteiger partial charge in [0.05, 0.1) is 31.4 Å². The number of allylic oxidation sites excluding steroid dienone is 6. The van der Waals surface area contributed by atoms with Gasteiger partial charge in [-0.3, -0.25) is 34.1 Å². The van der Waals surface area contributed by atoms with Crippen LogP contribution in [0.15, 0.2) is 82.2 Å². The first kappa shape index (κ1) is 54.8. The van der Waals surface area contributed by atoms with Crippen LogP contribution in [0.1, 0.15) is 103 Å². The minimum absolute atomic E-state index is 0.114. The lowest BCUT2D eigenvalue weighted by Crippen LogP contribution is -3.11. The average molecular weight is 984 g/mol. The largest absolute Gasteiger partial charge is 0.493 e. The van der Waals surface area contributed by atoms with Crippen LogP contribution in [0.3, 0.4) is 0 Å². The summed E-state index contributed by atoms with van der Waals surface area (Å²) in [6.45, 7) is 13.4. The first-order valence-corrected chi connectivity index (χ1v) is 24.2. The molecule has 2 aromatic carbocycles. The summed E-state index contributed by atoms with van der Waals surface area (Å²) in [5.41, 5.74) is 9.60. The predicted molar refractivity (Wildman–Crippen MR) is 270 cm³/mol. The zero-order valence-corrected chi connectivity index (χ0v) is 42.5. The van der Waals surface area contributed by atoms with E-state index in [-0.39, 0.29) is 37.1 Å². The molecule has 0 bridgehead atoms. The molecule has 376 valence electrons. The van der Waals surface area contributed by atoms with Crippen molar-refractivity contribution in [3.05, 3.63) is 121 Å². The van der Waals surface area contributed by atoms with Gasteiger partial charge in [-0.2, -0.15) is 10.2 Å². The Bertz CT molecular complexity index is 2560. The first-order chi connectivity index (χ1) is 33.5. The highest BCUT2D eigenvalue weighted by Crippen LogP contribution is 2.43. The highest BCUT2D eigenvalue weighted by molar-refractivity contribution is 6.33. The molecular weight excluding hydrogens is 914 g/mol. The maximum Gasteiger partial charge on any atom is 0.352 e. The number of imide groups is 1. The van der Waals surface area contributed by atoms with E-state index in [9.17, 15) is 34.3 Å². The lowest BCUT2D eigenvalue weighted by Gasteiger charge is -2.37. The molecule has 2 unspecified atom stereocenters. The van der Waals surface area contributed by atoms with Gasteiger partial charge in [0.25, 0.3) is 0 Å². The lowest BCUT2D eigenvalue weighted by atomic mass is 9.88. The topological polar surface area (TPSA) is 188 Å². The fourth-order valence-corrected chi connectivity index (χ4v) is 9.22. The van der Waals surface area contributed by atoms with E-state index in [1.807, 2.05) is 56.6 Å². The van der Waals surface area contributed by atoms with Crippen molar-refractivity contribution in [3.8, 4) is 5.75 Å². The molecule has 4 N–H and O–H groups in total. The van der Waals surface area contributed by atoms with Crippen molar-refractivity contribution in [2.45, 2.75) is 85.7 Å². The van der Waals surface area contributed by atoms with Crippen molar-refractivity contribution in [2.75, 3.05) is 60.0 Å². The smallest absolute Gasteiger partial charge is 0.352 e. The van der Waals surface area contributed by atoms with Crippen LogP contribution < -0.4 is 15.1 Å². The van der Waals surface area contributed by atoms with E-state index in [0.29, 0.717) is 91.5 Å². The number of hydroxylamine groups is 2. The summed E-state index contributed by atoms with van der Waals surface area (Å²) in [4.78, 5) is 63.8. The highest BCUT2D eigenvalue weighted by atomic mass is 35.5. The molecule has 1 fully saturated rings. The second-order valence-corrected chi connectivity index (χ2v) is 18.4. The molecule has 2 aliphatic heterocycles. The van der Waals surface area contributed by atoms with Gasteiger partial charge in [0.15, 0.2) is 12.6 Å². The Hall–Kier alpha value is -6.17. The number of carbonyl (C=O) groups excluding carboxylic acids is 4. The van der Waals surface area contributed by atoms with Crippen LogP contribution in [0, 0.1) is 13.8 Å². The fraction of sp³-hybridized carbons (Fsp3) is 0.434. The Balaban J connectivity index is 0.000000331. The molecule has 0 radical (unpaired) electrons. The van der Waals surface area contributed by atoms with Crippen LogP contribution in [-0.4, -0.2) is 131 Å². The summed E-state index contributed by atoms with van der Waals surface area (Å²) in [5.74, 6) is -0.323. The number of nitrogens with zero attached hydrogens (tertiary/aromatic N) is 5. The third-order valence-electron chi connectivity index (χ3n) is 12.8. The molecule has 0 saturated carbocycles. The van der Waals surface area contributed by atoms with Gasteiger partial charge in [-0.05, 0) is 109 Å². The first-order valence-electron chi connectivity index (χ1n) is 23.8. The van der Waals surface area contributed by atoms with Crippen molar-refractivity contribution in [3.63, 3.8) is 0 Å². The number of fused-ring (bicyclic) bond motifs is 1. The van der Waals surface area contributed by atoms with Crippen LogP contribution in [0.25, 0.3) is 17.4 Å². The van der Waals surface area contributed by atoms with E-state index in [2.05, 4.69) is 59.5 Å². The molecule has 70 heavy (non-hydrogen) atoms. The second-order valence-electron chi connectivity index (χ2n) is 17.8. The predicted octanol–water partition coefficient (Wildman–Crippen LogP) is 6.12. The van der Waals surface area contributed by atoms with E-state index in [0.717, 1.165) is 75.8 Å². The third-order valence-corrected chi connectivity index (χ3v) is 13.0. The number of aromatic nitrogens is 2. The summed E-state index contributed by atoms with van der Waals surface area (Å²) in [7, 11) is 5.66. The van der Waals surface area contributed by atoms with E-state index in [1.165, 1.54) is 0 Å². The zero-order chi connectivity index (χ0) is 51.1. The molecule has 1 aromatic heterocycles. The van der Waals surface area contributed by atoms with Gasteiger partial charge in [-0.25, -0.2) is 10.0 Å². The number of nitrogens with one attached hydrogen (secondary N) is 2. The molecule has 17 heteroatoms. The van der Waals surface area contributed by atoms with Crippen molar-refractivity contribution >= 4 is 59.4 Å². The van der Waals surface area contributed by atoms with Gasteiger partial charge < -0.3 is 24.4 Å². The number of hydrogen-bond donors (Lipinski definition) is 4.